The number of nitrogens with zero attached hydrogens (tertiary/aromatic N) is 1. The number of anilines is 1. The first-order valence-corrected chi connectivity index (χ1v) is 8.09. The number of aromatic nitrogens is 1. The summed E-state index contributed by atoms with van der Waals surface area (Å²) in [7, 11) is 0. The summed E-state index contributed by atoms with van der Waals surface area (Å²) in [5, 5.41) is 9.78. The maximum absolute atomic E-state index is 6.09. The van der Waals surface area contributed by atoms with Crippen molar-refractivity contribution in [2.24, 2.45) is 0 Å². The van der Waals surface area contributed by atoms with Crippen molar-refractivity contribution in [3.05, 3.63) is 71.4 Å². The SMILES string of the molecule is CC(NC(=S)Nc1ncccc1Cl)c1cccc2ccccc12. The van der Waals surface area contributed by atoms with Crippen molar-refractivity contribution in [1.29, 1.82) is 0 Å². The Morgan fingerprint density at radius 3 is 2.70 bits per heavy atom. The zero-order valence-corrected chi connectivity index (χ0v) is 14.2. The van der Waals surface area contributed by atoms with Crippen LogP contribution in [0.3, 0.4) is 0 Å². The van der Waals surface area contributed by atoms with Crippen LogP contribution in [-0.2, 0) is 0 Å². The van der Waals surface area contributed by atoms with Gasteiger partial charge in [-0.15, -0.1) is 0 Å². The van der Waals surface area contributed by atoms with Gasteiger partial charge in [0.2, 0.25) is 0 Å². The van der Waals surface area contributed by atoms with Crippen molar-refractivity contribution in [3.8, 4) is 0 Å². The minimum atomic E-state index is 0.0589. The second kappa shape index (κ2) is 6.94. The van der Waals surface area contributed by atoms with Crippen molar-refractivity contribution >= 4 is 45.5 Å². The lowest BCUT2D eigenvalue weighted by Gasteiger charge is -2.19. The molecule has 0 aliphatic rings. The molecule has 0 spiro atoms. The lowest BCUT2D eigenvalue weighted by atomic mass is 10.00. The molecule has 0 saturated carbocycles. The molecular weight excluding hydrogens is 326 g/mol. The molecule has 3 nitrogen and oxygen atoms in total. The summed E-state index contributed by atoms with van der Waals surface area (Å²) in [6.45, 7) is 2.08. The molecule has 0 bridgehead atoms. The average molecular weight is 342 g/mol. The number of pyridine rings is 1. The third-order valence-electron chi connectivity index (χ3n) is 3.63. The van der Waals surface area contributed by atoms with E-state index in [0.717, 1.165) is 0 Å². The van der Waals surface area contributed by atoms with E-state index in [2.05, 4.69) is 52.9 Å². The fourth-order valence-corrected chi connectivity index (χ4v) is 2.97. The van der Waals surface area contributed by atoms with E-state index in [0.29, 0.717) is 16.0 Å². The first-order valence-electron chi connectivity index (χ1n) is 7.31. The molecule has 23 heavy (non-hydrogen) atoms. The number of thiocarbonyl (C=S) groups is 1. The summed E-state index contributed by atoms with van der Waals surface area (Å²) in [5.74, 6) is 0.553. The van der Waals surface area contributed by atoms with E-state index in [4.69, 9.17) is 23.8 Å². The van der Waals surface area contributed by atoms with Crippen molar-refractivity contribution < 1.29 is 0 Å². The van der Waals surface area contributed by atoms with Gasteiger partial charge in [0.15, 0.2) is 10.9 Å². The molecular formula is C18H16ClN3S. The zero-order valence-electron chi connectivity index (χ0n) is 12.6. The molecule has 0 aliphatic heterocycles. The Balaban J connectivity index is 1.77. The van der Waals surface area contributed by atoms with Gasteiger partial charge >= 0.3 is 0 Å². The van der Waals surface area contributed by atoms with Crippen LogP contribution in [0.2, 0.25) is 5.02 Å². The molecule has 3 aromatic rings. The van der Waals surface area contributed by atoms with E-state index in [1.807, 2.05) is 12.1 Å². The fourth-order valence-electron chi connectivity index (χ4n) is 2.52. The third-order valence-corrected chi connectivity index (χ3v) is 4.15. The Morgan fingerprint density at radius 2 is 1.87 bits per heavy atom. The van der Waals surface area contributed by atoms with Gasteiger partial charge in [-0.3, -0.25) is 0 Å². The van der Waals surface area contributed by atoms with Crippen LogP contribution in [0.25, 0.3) is 10.8 Å². The molecule has 2 N–H and O–H groups in total. The van der Waals surface area contributed by atoms with E-state index in [-0.39, 0.29) is 6.04 Å². The highest BCUT2D eigenvalue weighted by atomic mass is 35.5. The highest BCUT2D eigenvalue weighted by Crippen LogP contribution is 2.24. The minimum Gasteiger partial charge on any atom is -0.356 e. The largest absolute Gasteiger partial charge is 0.356 e. The predicted molar refractivity (Wildman–Crippen MR) is 101 cm³/mol. The van der Waals surface area contributed by atoms with E-state index in [1.54, 1.807) is 18.3 Å². The lowest BCUT2D eigenvalue weighted by Crippen LogP contribution is -2.31. The predicted octanol–water partition coefficient (Wildman–Crippen LogP) is 4.94. The standard InChI is InChI=1S/C18H16ClN3S/c1-12(14-9-4-7-13-6-2-3-8-15(13)14)21-18(23)22-17-16(19)10-5-11-20-17/h2-12H,1H3,(H2,20,21,22,23). The van der Waals surface area contributed by atoms with Gasteiger partial charge in [-0.05, 0) is 47.6 Å². The number of halogens is 1. The van der Waals surface area contributed by atoms with E-state index < -0.39 is 0 Å². The molecule has 3 rings (SSSR count). The second-order valence-corrected chi connectivity index (χ2v) is 6.04. The number of hydrogen-bond acceptors (Lipinski definition) is 2. The van der Waals surface area contributed by atoms with Gasteiger partial charge in [-0.1, -0.05) is 54.1 Å². The molecule has 1 aromatic heterocycles. The van der Waals surface area contributed by atoms with Crippen LogP contribution in [-0.4, -0.2) is 10.1 Å². The van der Waals surface area contributed by atoms with Crippen LogP contribution < -0.4 is 10.6 Å². The quantitative estimate of drug-likeness (QED) is 0.662. The van der Waals surface area contributed by atoms with E-state index in [1.165, 1.54) is 16.3 Å². The maximum atomic E-state index is 6.09. The summed E-state index contributed by atoms with van der Waals surface area (Å²) in [4.78, 5) is 4.18. The minimum absolute atomic E-state index is 0.0589. The molecule has 1 unspecified atom stereocenters. The van der Waals surface area contributed by atoms with Crippen molar-refractivity contribution in [3.63, 3.8) is 0 Å². The third kappa shape index (κ3) is 3.60. The number of nitrogens with one attached hydrogen (secondary N) is 2. The van der Waals surface area contributed by atoms with Gasteiger partial charge in [-0.25, -0.2) is 4.98 Å². The Morgan fingerprint density at radius 1 is 1.09 bits per heavy atom. The van der Waals surface area contributed by atoms with Gasteiger partial charge in [0.1, 0.15) is 0 Å². The normalized spacial score (nSPS) is 11.9. The lowest BCUT2D eigenvalue weighted by molar-refractivity contribution is 0.728. The van der Waals surface area contributed by atoms with Gasteiger partial charge in [0.05, 0.1) is 11.1 Å². The van der Waals surface area contributed by atoms with Gasteiger partial charge in [0, 0.05) is 6.20 Å². The van der Waals surface area contributed by atoms with E-state index >= 15 is 0 Å². The Bertz CT molecular complexity index is 845. The smallest absolute Gasteiger partial charge is 0.172 e. The van der Waals surface area contributed by atoms with Gasteiger partial charge in [0.25, 0.3) is 0 Å². The van der Waals surface area contributed by atoms with Crippen LogP contribution in [0, 0.1) is 0 Å². The topological polar surface area (TPSA) is 37.0 Å². The first-order chi connectivity index (χ1) is 11.1. The second-order valence-electron chi connectivity index (χ2n) is 5.22. The summed E-state index contributed by atoms with van der Waals surface area (Å²) < 4.78 is 0. The van der Waals surface area contributed by atoms with Crippen molar-refractivity contribution in [1.82, 2.24) is 10.3 Å². The van der Waals surface area contributed by atoms with E-state index in [9.17, 15) is 0 Å². The molecule has 0 saturated heterocycles. The first kappa shape index (κ1) is 15.7. The number of fused-ring (bicyclic) bond motifs is 1. The summed E-state index contributed by atoms with van der Waals surface area (Å²) >= 11 is 11.5. The highest BCUT2D eigenvalue weighted by molar-refractivity contribution is 7.80. The zero-order chi connectivity index (χ0) is 16.2. The number of hydrogen-bond donors (Lipinski definition) is 2. The molecule has 116 valence electrons. The summed E-state index contributed by atoms with van der Waals surface area (Å²) in [6, 6.07) is 18.2. The van der Waals surface area contributed by atoms with Crippen molar-refractivity contribution in [2.45, 2.75) is 13.0 Å². The summed E-state index contributed by atoms with van der Waals surface area (Å²) in [6.07, 6.45) is 1.67. The molecule has 2 aromatic carbocycles. The monoisotopic (exact) mass is 341 g/mol. The van der Waals surface area contributed by atoms with Gasteiger partial charge < -0.3 is 10.6 Å². The molecule has 0 aliphatic carbocycles. The summed E-state index contributed by atoms with van der Waals surface area (Å²) in [5.41, 5.74) is 1.19. The number of rotatable bonds is 3. The molecule has 5 heteroatoms. The van der Waals surface area contributed by atoms with Crippen LogP contribution in [0.5, 0.6) is 0 Å². The molecule has 1 atom stereocenters. The van der Waals surface area contributed by atoms with Crippen LogP contribution in [0.4, 0.5) is 5.82 Å². The molecule has 0 radical (unpaired) electrons. The Labute approximate surface area is 145 Å². The average Bonchev–Trinajstić information content (AvgIpc) is 2.56. The van der Waals surface area contributed by atoms with Crippen LogP contribution in [0.15, 0.2) is 60.8 Å². The highest BCUT2D eigenvalue weighted by Gasteiger charge is 2.11. The molecule has 0 amide bonds. The maximum Gasteiger partial charge on any atom is 0.172 e. The molecule has 0 fully saturated rings. The molecule has 1 heterocycles. The van der Waals surface area contributed by atoms with Gasteiger partial charge in [-0.2, -0.15) is 0 Å². The Kier molecular flexibility index (Phi) is 4.74. The Hall–Kier alpha value is -2.17. The fraction of sp³-hybridized carbons (Fsp3) is 0.111. The van der Waals surface area contributed by atoms with Crippen LogP contribution in [0.1, 0.15) is 18.5 Å². The van der Waals surface area contributed by atoms with Crippen LogP contribution >= 0.6 is 23.8 Å². The van der Waals surface area contributed by atoms with Crippen molar-refractivity contribution in [2.75, 3.05) is 5.32 Å². The number of benzene rings is 2.